The molecule has 0 aliphatic carbocycles. The fourth-order valence-corrected chi connectivity index (χ4v) is 2.29. The van der Waals surface area contributed by atoms with Gasteiger partial charge in [-0.1, -0.05) is 41.5 Å². The third kappa shape index (κ3) is 5.64. The molecular weight excluding hydrogens is 170 g/mol. The van der Waals surface area contributed by atoms with Crippen LogP contribution < -0.4 is 5.32 Å². The van der Waals surface area contributed by atoms with E-state index >= 15 is 0 Å². The van der Waals surface area contributed by atoms with Gasteiger partial charge in [0.15, 0.2) is 0 Å². The Bertz CT molecular complexity index is 153. The Kier molecular flexibility index (Phi) is 5.14. The van der Waals surface area contributed by atoms with Crippen LogP contribution in [0.4, 0.5) is 0 Å². The highest BCUT2D eigenvalue weighted by Gasteiger charge is 2.30. The van der Waals surface area contributed by atoms with Crippen molar-refractivity contribution in [1.82, 2.24) is 5.32 Å². The summed E-state index contributed by atoms with van der Waals surface area (Å²) in [6, 6.07) is 0. The quantitative estimate of drug-likeness (QED) is 0.712. The van der Waals surface area contributed by atoms with Gasteiger partial charge in [-0.25, -0.2) is 0 Å². The first-order valence-electron chi connectivity index (χ1n) is 5.83. The van der Waals surface area contributed by atoms with Gasteiger partial charge < -0.3 is 5.32 Å². The first-order valence-corrected chi connectivity index (χ1v) is 5.83. The SMILES string of the molecule is CNCC[C@H](C)C(C)(C)CC(C)(C)C. The van der Waals surface area contributed by atoms with Crippen LogP contribution in [-0.2, 0) is 0 Å². The molecule has 14 heavy (non-hydrogen) atoms. The van der Waals surface area contributed by atoms with E-state index in [-0.39, 0.29) is 0 Å². The summed E-state index contributed by atoms with van der Waals surface area (Å²) in [6.45, 7) is 15.3. The highest BCUT2D eigenvalue weighted by molar-refractivity contribution is 4.81. The van der Waals surface area contributed by atoms with E-state index in [9.17, 15) is 0 Å². The fourth-order valence-electron chi connectivity index (χ4n) is 2.29. The highest BCUT2D eigenvalue weighted by atomic mass is 14.8. The maximum Gasteiger partial charge on any atom is -0.00492 e. The third-order valence-corrected chi connectivity index (χ3v) is 3.15. The molecule has 1 nitrogen and oxygen atoms in total. The normalized spacial score (nSPS) is 15.6. The van der Waals surface area contributed by atoms with Crippen molar-refractivity contribution in [1.29, 1.82) is 0 Å². The third-order valence-electron chi connectivity index (χ3n) is 3.15. The van der Waals surface area contributed by atoms with Crippen LogP contribution in [0.2, 0.25) is 0 Å². The molecule has 0 radical (unpaired) electrons. The Balaban J connectivity index is 4.15. The number of hydrogen-bond acceptors (Lipinski definition) is 1. The molecule has 0 aromatic heterocycles. The predicted molar refractivity (Wildman–Crippen MR) is 65.6 cm³/mol. The number of nitrogens with one attached hydrogen (secondary N) is 1. The Hall–Kier alpha value is -0.0400. The number of rotatable bonds is 5. The predicted octanol–water partition coefficient (Wildman–Crippen LogP) is 3.69. The molecule has 1 heteroatoms. The van der Waals surface area contributed by atoms with Gasteiger partial charge in [0, 0.05) is 0 Å². The molecule has 0 bridgehead atoms. The highest BCUT2D eigenvalue weighted by Crippen LogP contribution is 2.39. The van der Waals surface area contributed by atoms with Crippen molar-refractivity contribution in [2.45, 2.75) is 54.4 Å². The molecule has 0 aliphatic rings. The zero-order valence-electron chi connectivity index (χ0n) is 11.2. The van der Waals surface area contributed by atoms with Crippen molar-refractivity contribution in [3.05, 3.63) is 0 Å². The van der Waals surface area contributed by atoms with Gasteiger partial charge in [-0.2, -0.15) is 0 Å². The lowest BCUT2D eigenvalue weighted by Crippen LogP contribution is -2.29. The molecule has 0 saturated carbocycles. The van der Waals surface area contributed by atoms with Crippen molar-refractivity contribution in [2.75, 3.05) is 13.6 Å². The molecule has 0 heterocycles. The van der Waals surface area contributed by atoms with Gasteiger partial charge in [-0.15, -0.1) is 0 Å². The molecule has 1 N–H and O–H groups in total. The second-order valence-corrected chi connectivity index (χ2v) is 6.52. The molecule has 0 unspecified atom stereocenters. The smallest absolute Gasteiger partial charge is 0.00492 e. The number of hydrogen-bond donors (Lipinski definition) is 1. The van der Waals surface area contributed by atoms with Crippen LogP contribution in [-0.4, -0.2) is 13.6 Å². The lowest BCUT2D eigenvalue weighted by Gasteiger charge is -2.37. The summed E-state index contributed by atoms with van der Waals surface area (Å²) < 4.78 is 0. The largest absolute Gasteiger partial charge is 0.320 e. The maximum absolute atomic E-state index is 3.23. The summed E-state index contributed by atoms with van der Waals surface area (Å²) >= 11 is 0. The van der Waals surface area contributed by atoms with Crippen LogP contribution in [0.15, 0.2) is 0 Å². The van der Waals surface area contributed by atoms with Crippen LogP contribution in [0.5, 0.6) is 0 Å². The summed E-state index contributed by atoms with van der Waals surface area (Å²) in [5.41, 5.74) is 0.895. The second-order valence-electron chi connectivity index (χ2n) is 6.52. The van der Waals surface area contributed by atoms with Gasteiger partial charge in [-0.3, -0.25) is 0 Å². The van der Waals surface area contributed by atoms with Crippen molar-refractivity contribution in [3.8, 4) is 0 Å². The van der Waals surface area contributed by atoms with E-state index in [4.69, 9.17) is 0 Å². The lowest BCUT2D eigenvalue weighted by atomic mass is 9.68. The van der Waals surface area contributed by atoms with Crippen LogP contribution in [0.1, 0.15) is 54.4 Å². The summed E-state index contributed by atoms with van der Waals surface area (Å²) in [5, 5.41) is 3.23. The second kappa shape index (κ2) is 5.16. The summed E-state index contributed by atoms with van der Waals surface area (Å²) in [7, 11) is 2.03. The topological polar surface area (TPSA) is 12.0 Å². The van der Waals surface area contributed by atoms with E-state index in [0.717, 1.165) is 12.5 Å². The minimum absolute atomic E-state index is 0.442. The minimum atomic E-state index is 0.442. The molecule has 0 spiro atoms. The standard InChI is InChI=1S/C13H29N/c1-11(8-9-14-7)13(5,6)10-12(2,3)4/h11,14H,8-10H2,1-7H3/t11-/m0/s1. The molecule has 0 amide bonds. The Morgan fingerprint density at radius 3 is 1.93 bits per heavy atom. The van der Waals surface area contributed by atoms with Gasteiger partial charge in [0.1, 0.15) is 0 Å². The molecule has 0 fully saturated rings. The molecule has 0 rings (SSSR count). The van der Waals surface area contributed by atoms with Gasteiger partial charge in [-0.05, 0) is 43.2 Å². The van der Waals surface area contributed by atoms with Crippen LogP contribution >= 0.6 is 0 Å². The minimum Gasteiger partial charge on any atom is -0.320 e. The van der Waals surface area contributed by atoms with Crippen molar-refractivity contribution in [3.63, 3.8) is 0 Å². The molecular formula is C13H29N. The Labute approximate surface area is 90.7 Å². The van der Waals surface area contributed by atoms with E-state index in [2.05, 4.69) is 46.9 Å². The van der Waals surface area contributed by atoms with Crippen molar-refractivity contribution >= 4 is 0 Å². The zero-order chi connectivity index (χ0) is 11.4. The molecule has 0 aliphatic heterocycles. The van der Waals surface area contributed by atoms with Crippen LogP contribution in [0, 0.1) is 16.7 Å². The van der Waals surface area contributed by atoms with Gasteiger partial charge in [0.2, 0.25) is 0 Å². The van der Waals surface area contributed by atoms with E-state index in [1.165, 1.54) is 12.8 Å². The van der Waals surface area contributed by atoms with Crippen molar-refractivity contribution in [2.24, 2.45) is 16.7 Å². The molecule has 0 aromatic carbocycles. The molecule has 86 valence electrons. The Morgan fingerprint density at radius 1 is 1.07 bits per heavy atom. The average Bonchev–Trinajstić information content (AvgIpc) is 1.95. The fraction of sp³-hybridized carbons (Fsp3) is 1.00. The first kappa shape index (κ1) is 14.0. The lowest BCUT2D eigenvalue weighted by molar-refractivity contribution is 0.134. The summed E-state index contributed by atoms with van der Waals surface area (Å²) in [4.78, 5) is 0. The van der Waals surface area contributed by atoms with E-state index in [1.807, 2.05) is 7.05 Å². The zero-order valence-corrected chi connectivity index (χ0v) is 11.2. The molecule has 0 aromatic rings. The van der Waals surface area contributed by atoms with Crippen LogP contribution in [0.3, 0.4) is 0 Å². The van der Waals surface area contributed by atoms with Gasteiger partial charge >= 0.3 is 0 Å². The van der Waals surface area contributed by atoms with Crippen LogP contribution in [0.25, 0.3) is 0 Å². The Morgan fingerprint density at radius 2 is 1.57 bits per heavy atom. The van der Waals surface area contributed by atoms with Gasteiger partial charge in [0.25, 0.3) is 0 Å². The van der Waals surface area contributed by atoms with Crippen molar-refractivity contribution < 1.29 is 0 Å². The average molecular weight is 199 g/mol. The summed E-state index contributed by atoms with van der Waals surface area (Å²) in [5.74, 6) is 0.786. The van der Waals surface area contributed by atoms with E-state index in [1.54, 1.807) is 0 Å². The monoisotopic (exact) mass is 199 g/mol. The first-order chi connectivity index (χ1) is 6.19. The van der Waals surface area contributed by atoms with E-state index < -0.39 is 0 Å². The van der Waals surface area contributed by atoms with E-state index in [0.29, 0.717) is 10.8 Å². The molecule has 0 saturated heterocycles. The summed E-state index contributed by atoms with van der Waals surface area (Å²) in [6.07, 6.45) is 2.57. The maximum atomic E-state index is 3.23. The van der Waals surface area contributed by atoms with Gasteiger partial charge in [0.05, 0.1) is 0 Å². The molecule has 1 atom stereocenters.